The van der Waals surface area contributed by atoms with Crippen LogP contribution in [0.3, 0.4) is 0 Å². The number of nitrogens with zero attached hydrogens (tertiary/aromatic N) is 2. The summed E-state index contributed by atoms with van der Waals surface area (Å²) < 4.78 is 52.4. The predicted molar refractivity (Wildman–Crippen MR) is 86.4 cm³/mol. The molecule has 0 amide bonds. The Morgan fingerprint density at radius 1 is 1.14 bits per heavy atom. The van der Waals surface area contributed by atoms with E-state index in [1.165, 1.54) is 30.5 Å². The number of benzene rings is 1. The summed E-state index contributed by atoms with van der Waals surface area (Å²) in [5.41, 5.74) is 0.251. The molecule has 0 spiro atoms. The molecule has 0 fully saturated rings. The van der Waals surface area contributed by atoms with Crippen LogP contribution in [-0.4, -0.2) is 27.4 Å². The van der Waals surface area contributed by atoms with Crippen molar-refractivity contribution in [2.45, 2.75) is 18.9 Å². The summed E-state index contributed by atoms with van der Waals surface area (Å²) in [5, 5.41) is 9.85. The van der Waals surface area contributed by atoms with Crippen LogP contribution in [0.2, 0.25) is 0 Å². The Hall–Kier alpha value is -3.56. The van der Waals surface area contributed by atoms with Crippen LogP contribution in [0.1, 0.15) is 27.7 Å². The average Bonchev–Trinajstić information content (AvgIpc) is 3.24. The minimum Gasteiger partial charge on any atom is -0.479 e. The number of hydrogen-bond acceptors (Lipinski definition) is 7. The van der Waals surface area contributed by atoms with Crippen molar-refractivity contribution in [3.05, 3.63) is 59.5 Å². The molecule has 0 bridgehead atoms. The predicted octanol–water partition coefficient (Wildman–Crippen LogP) is 3.80. The summed E-state index contributed by atoms with van der Waals surface area (Å²) in [6, 6.07) is 7.99. The number of aromatic nitrogens is 2. The lowest BCUT2D eigenvalue weighted by Gasteiger charge is -2.15. The molecule has 2 aromatic heterocycles. The molecule has 28 heavy (non-hydrogen) atoms. The molecule has 0 aliphatic carbocycles. The van der Waals surface area contributed by atoms with E-state index < -0.39 is 30.2 Å². The second kappa shape index (κ2) is 6.55. The molecule has 1 aliphatic rings. The van der Waals surface area contributed by atoms with Crippen molar-refractivity contribution in [1.82, 2.24) is 9.97 Å². The van der Waals surface area contributed by atoms with Crippen molar-refractivity contribution in [2.24, 2.45) is 0 Å². The maximum absolute atomic E-state index is 12.6. The van der Waals surface area contributed by atoms with Gasteiger partial charge in [-0.05, 0) is 23.8 Å². The summed E-state index contributed by atoms with van der Waals surface area (Å²) in [6.45, 7) is 0. The zero-order chi connectivity index (χ0) is 19.9. The monoisotopic (exact) mass is 392 g/mol. The number of furan rings is 1. The molecular formula is C18H11F3N2O5. The lowest BCUT2D eigenvalue weighted by atomic mass is 10.0. The average molecular weight is 392 g/mol. The molecule has 1 aromatic carbocycles. The van der Waals surface area contributed by atoms with Crippen molar-refractivity contribution < 1.29 is 37.0 Å². The van der Waals surface area contributed by atoms with E-state index in [0.717, 1.165) is 6.07 Å². The molecule has 1 aliphatic heterocycles. The highest BCUT2D eigenvalue weighted by molar-refractivity contribution is 5.99. The van der Waals surface area contributed by atoms with Crippen molar-refractivity contribution in [3.63, 3.8) is 0 Å². The maximum Gasteiger partial charge on any atom is 0.573 e. The molecule has 0 saturated heterocycles. The van der Waals surface area contributed by atoms with Crippen molar-refractivity contribution in [2.75, 3.05) is 0 Å². The first kappa shape index (κ1) is 17.8. The molecule has 3 aromatic rings. The quantitative estimate of drug-likeness (QED) is 0.675. The molecule has 4 rings (SSSR count). The number of ether oxygens (including phenoxy) is 2. The van der Waals surface area contributed by atoms with E-state index in [2.05, 4.69) is 14.7 Å². The zero-order valence-corrected chi connectivity index (χ0v) is 13.9. The summed E-state index contributed by atoms with van der Waals surface area (Å²) in [7, 11) is 0. The van der Waals surface area contributed by atoms with Gasteiger partial charge in [0.05, 0.1) is 6.26 Å². The highest BCUT2D eigenvalue weighted by Crippen LogP contribution is 2.39. The number of alkyl halides is 3. The van der Waals surface area contributed by atoms with E-state index in [4.69, 9.17) is 9.15 Å². The third kappa shape index (κ3) is 3.36. The number of aromatic hydroxyl groups is 1. The van der Waals surface area contributed by atoms with Gasteiger partial charge < -0.3 is 19.0 Å². The summed E-state index contributed by atoms with van der Waals surface area (Å²) >= 11 is 0. The van der Waals surface area contributed by atoms with Gasteiger partial charge in [0.25, 0.3) is 0 Å². The third-order valence-electron chi connectivity index (χ3n) is 4.04. The Kier molecular flexibility index (Phi) is 4.17. The first-order valence-electron chi connectivity index (χ1n) is 8.01. The van der Waals surface area contributed by atoms with Gasteiger partial charge >= 0.3 is 18.3 Å². The first-order valence-corrected chi connectivity index (χ1v) is 8.01. The molecule has 3 heterocycles. The van der Waals surface area contributed by atoms with Crippen LogP contribution >= 0.6 is 0 Å². The lowest BCUT2D eigenvalue weighted by Crippen LogP contribution is -2.18. The van der Waals surface area contributed by atoms with Crippen molar-refractivity contribution >= 4 is 5.97 Å². The van der Waals surface area contributed by atoms with Crippen LogP contribution < -0.4 is 4.74 Å². The second-order valence-corrected chi connectivity index (χ2v) is 5.86. The minimum absolute atomic E-state index is 0.00743. The maximum atomic E-state index is 12.6. The fourth-order valence-electron chi connectivity index (χ4n) is 2.97. The fraction of sp³-hybridized carbons (Fsp3) is 0.167. The molecule has 0 saturated carbocycles. The van der Waals surface area contributed by atoms with E-state index in [0.29, 0.717) is 0 Å². The summed E-state index contributed by atoms with van der Waals surface area (Å²) in [4.78, 5) is 20.0. The number of cyclic esters (lactones) is 1. The Morgan fingerprint density at radius 2 is 1.93 bits per heavy atom. The number of rotatable bonds is 4. The third-order valence-corrected chi connectivity index (χ3v) is 4.04. The lowest BCUT2D eigenvalue weighted by molar-refractivity contribution is -0.275. The highest BCUT2D eigenvalue weighted by Gasteiger charge is 2.39. The van der Waals surface area contributed by atoms with Gasteiger partial charge in [0, 0.05) is 6.42 Å². The fourth-order valence-corrected chi connectivity index (χ4v) is 2.97. The van der Waals surface area contributed by atoms with Crippen LogP contribution in [0.5, 0.6) is 11.8 Å². The normalized spacial score (nSPS) is 16.0. The molecule has 1 unspecified atom stereocenters. The van der Waals surface area contributed by atoms with E-state index >= 15 is 0 Å². The Labute approximate surface area is 155 Å². The number of halogens is 3. The van der Waals surface area contributed by atoms with Gasteiger partial charge in [-0.3, -0.25) is 0 Å². The smallest absolute Gasteiger partial charge is 0.479 e. The van der Waals surface area contributed by atoms with Crippen LogP contribution in [-0.2, 0) is 11.2 Å². The minimum atomic E-state index is -4.87. The van der Waals surface area contributed by atoms with Gasteiger partial charge in [-0.1, -0.05) is 18.2 Å². The van der Waals surface area contributed by atoms with Gasteiger partial charge in [0.15, 0.2) is 5.76 Å². The van der Waals surface area contributed by atoms with Gasteiger partial charge in [0.2, 0.25) is 0 Å². The number of esters is 1. The number of carbonyl (C=O) groups is 1. The van der Waals surface area contributed by atoms with Crippen LogP contribution in [0.4, 0.5) is 13.2 Å². The molecular weight excluding hydrogens is 381 g/mol. The molecule has 144 valence electrons. The Morgan fingerprint density at radius 3 is 2.64 bits per heavy atom. The molecule has 1 N–H and O–H groups in total. The molecule has 1 atom stereocenters. The number of para-hydroxylation sites is 1. The molecule has 0 radical (unpaired) electrons. The Balaban J connectivity index is 1.72. The van der Waals surface area contributed by atoms with Crippen LogP contribution in [0, 0.1) is 0 Å². The summed E-state index contributed by atoms with van der Waals surface area (Å²) in [5.74, 6) is -0.961. The highest BCUT2D eigenvalue weighted by atomic mass is 19.4. The van der Waals surface area contributed by atoms with E-state index in [-0.39, 0.29) is 34.7 Å². The van der Waals surface area contributed by atoms with Crippen molar-refractivity contribution in [1.29, 1.82) is 0 Å². The van der Waals surface area contributed by atoms with Crippen LogP contribution in [0.15, 0.2) is 47.1 Å². The number of carbonyl (C=O) groups excluding carboxylic acids is 1. The Bertz CT molecular complexity index is 1030. The topological polar surface area (TPSA) is 94.7 Å². The SMILES string of the molecule is O=C1OC(Cc2ccccc2OC(F)(F)F)c2nc(O)nc(-c3ccco3)c21. The zero-order valence-electron chi connectivity index (χ0n) is 13.9. The van der Waals surface area contributed by atoms with E-state index in [9.17, 15) is 23.1 Å². The van der Waals surface area contributed by atoms with E-state index in [1.54, 1.807) is 6.07 Å². The van der Waals surface area contributed by atoms with Crippen LogP contribution in [0.25, 0.3) is 11.5 Å². The largest absolute Gasteiger partial charge is 0.573 e. The van der Waals surface area contributed by atoms with Gasteiger partial charge in [-0.2, -0.15) is 9.97 Å². The molecule has 10 heteroatoms. The standard InChI is InChI=1S/C18H11F3N2O5/c19-18(20,21)28-10-5-2-1-4-9(10)8-12-15-13(16(24)27-12)14(22-17(25)23-15)11-6-3-7-26-11/h1-7,12H,8H2,(H,22,23,25). The molecule has 7 nitrogen and oxygen atoms in total. The van der Waals surface area contributed by atoms with Gasteiger partial charge in [0.1, 0.15) is 28.8 Å². The summed E-state index contributed by atoms with van der Waals surface area (Å²) in [6.07, 6.45) is -4.67. The number of hydrogen-bond donors (Lipinski definition) is 1. The first-order chi connectivity index (χ1) is 13.3. The number of fused-ring (bicyclic) bond motifs is 1. The van der Waals surface area contributed by atoms with E-state index in [1.807, 2.05) is 0 Å². The second-order valence-electron chi connectivity index (χ2n) is 5.86. The van der Waals surface area contributed by atoms with Crippen molar-refractivity contribution in [3.8, 4) is 23.2 Å². The van der Waals surface area contributed by atoms with Gasteiger partial charge in [-0.15, -0.1) is 13.2 Å². The van der Waals surface area contributed by atoms with Gasteiger partial charge in [-0.25, -0.2) is 4.79 Å².